The van der Waals surface area contributed by atoms with Gasteiger partial charge in [-0.1, -0.05) is 30.3 Å². The molecule has 23 heavy (non-hydrogen) atoms. The van der Waals surface area contributed by atoms with Gasteiger partial charge in [0, 0.05) is 21.9 Å². The monoisotopic (exact) mass is 328 g/mol. The van der Waals surface area contributed by atoms with E-state index < -0.39 is 0 Å². The van der Waals surface area contributed by atoms with Crippen molar-refractivity contribution in [3.05, 3.63) is 53.4 Å². The van der Waals surface area contributed by atoms with E-state index in [2.05, 4.69) is 22.8 Å². The lowest BCUT2D eigenvalue weighted by molar-refractivity contribution is -0.124. The minimum atomic E-state index is -0.279. The van der Waals surface area contributed by atoms with E-state index in [9.17, 15) is 9.59 Å². The quantitative estimate of drug-likeness (QED) is 0.801. The van der Waals surface area contributed by atoms with E-state index >= 15 is 0 Å². The van der Waals surface area contributed by atoms with Crippen LogP contribution < -0.4 is 10.6 Å². The molecule has 2 rings (SSSR count). The zero-order valence-electron chi connectivity index (χ0n) is 13.2. The molecule has 0 spiro atoms. The number of thiophene rings is 1. The van der Waals surface area contributed by atoms with Crippen LogP contribution >= 0.6 is 11.3 Å². The first-order valence-corrected chi connectivity index (χ1v) is 8.27. The molecule has 0 aliphatic heterocycles. The number of hydrogen-bond acceptors (Lipinski definition) is 3. The van der Waals surface area contributed by atoms with Crippen molar-refractivity contribution in [3.63, 3.8) is 0 Å². The predicted molar refractivity (Wildman–Crippen MR) is 95.1 cm³/mol. The fourth-order valence-electron chi connectivity index (χ4n) is 1.96. The van der Waals surface area contributed by atoms with E-state index in [0.29, 0.717) is 0 Å². The van der Waals surface area contributed by atoms with Crippen LogP contribution in [0, 0.1) is 0 Å². The van der Waals surface area contributed by atoms with Crippen molar-refractivity contribution < 1.29 is 9.59 Å². The van der Waals surface area contributed by atoms with Crippen LogP contribution in [0.3, 0.4) is 0 Å². The SMILES string of the molecule is CC(C)NC(=O)CNC(=O)/C=C/c1ccc(-c2ccccc2)s1. The van der Waals surface area contributed by atoms with Crippen LogP contribution in [0.25, 0.3) is 16.5 Å². The molecule has 0 unspecified atom stereocenters. The van der Waals surface area contributed by atoms with Crippen molar-refractivity contribution in [2.45, 2.75) is 19.9 Å². The van der Waals surface area contributed by atoms with Gasteiger partial charge in [0.2, 0.25) is 11.8 Å². The highest BCUT2D eigenvalue weighted by molar-refractivity contribution is 7.16. The molecule has 2 amide bonds. The molecule has 1 heterocycles. The van der Waals surface area contributed by atoms with Gasteiger partial charge in [0.1, 0.15) is 0 Å². The Morgan fingerprint density at radius 1 is 1.13 bits per heavy atom. The van der Waals surface area contributed by atoms with E-state index in [1.807, 2.05) is 44.2 Å². The summed E-state index contributed by atoms with van der Waals surface area (Å²) in [6.07, 6.45) is 3.20. The maximum Gasteiger partial charge on any atom is 0.244 e. The third-order valence-electron chi connectivity index (χ3n) is 2.96. The Kier molecular flexibility index (Phi) is 6.11. The molecular weight excluding hydrogens is 308 g/mol. The summed E-state index contributed by atoms with van der Waals surface area (Å²) in [5.74, 6) is -0.470. The second-order valence-corrected chi connectivity index (χ2v) is 6.46. The van der Waals surface area contributed by atoms with Crippen molar-refractivity contribution >= 4 is 29.2 Å². The number of rotatable bonds is 6. The van der Waals surface area contributed by atoms with Crippen molar-refractivity contribution in [2.75, 3.05) is 6.54 Å². The van der Waals surface area contributed by atoms with Crippen molar-refractivity contribution in [3.8, 4) is 10.4 Å². The second kappa shape index (κ2) is 8.29. The van der Waals surface area contributed by atoms with Gasteiger partial charge in [0.25, 0.3) is 0 Å². The van der Waals surface area contributed by atoms with Crippen LogP contribution in [0.5, 0.6) is 0 Å². The van der Waals surface area contributed by atoms with Crippen molar-refractivity contribution in [1.82, 2.24) is 10.6 Å². The zero-order chi connectivity index (χ0) is 16.7. The van der Waals surface area contributed by atoms with Crippen molar-refractivity contribution in [1.29, 1.82) is 0 Å². The van der Waals surface area contributed by atoms with Crippen molar-refractivity contribution in [2.24, 2.45) is 0 Å². The molecule has 120 valence electrons. The summed E-state index contributed by atoms with van der Waals surface area (Å²) in [4.78, 5) is 25.3. The number of amides is 2. The molecule has 0 saturated heterocycles. The molecule has 4 nitrogen and oxygen atoms in total. The zero-order valence-corrected chi connectivity index (χ0v) is 14.0. The van der Waals surface area contributed by atoms with Gasteiger partial charge < -0.3 is 10.6 Å². The van der Waals surface area contributed by atoms with Crippen LogP contribution in [-0.4, -0.2) is 24.4 Å². The Bertz CT molecular complexity index is 690. The number of hydrogen-bond donors (Lipinski definition) is 2. The largest absolute Gasteiger partial charge is 0.352 e. The van der Waals surface area contributed by atoms with Gasteiger partial charge >= 0.3 is 0 Å². The summed E-state index contributed by atoms with van der Waals surface area (Å²) in [6, 6.07) is 14.2. The molecule has 0 fully saturated rings. The van der Waals surface area contributed by atoms with Crippen LogP contribution in [0.2, 0.25) is 0 Å². The lowest BCUT2D eigenvalue weighted by Gasteiger charge is -2.07. The Morgan fingerprint density at radius 3 is 2.57 bits per heavy atom. The maximum atomic E-state index is 11.7. The first-order valence-electron chi connectivity index (χ1n) is 7.45. The van der Waals surface area contributed by atoms with Gasteiger partial charge in [-0.05, 0) is 37.6 Å². The molecule has 0 saturated carbocycles. The summed E-state index contributed by atoms with van der Waals surface area (Å²) in [5.41, 5.74) is 1.16. The molecule has 5 heteroatoms. The highest BCUT2D eigenvalue weighted by Gasteiger charge is 2.05. The maximum absolute atomic E-state index is 11.7. The first kappa shape index (κ1) is 17.0. The Balaban J connectivity index is 1.87. The number of nitrogens with one attached hydrogen (secondary N) is 2. The average Bonchev–Trinajstić information content (AvgIpc) is 3.00. The molecule has 2 N–H and O–H groups in total. The minimum absolute atomic E-state index is 0.0128. The van der Waals surface area contributed by atoms with Gasteiger partial charge in [0.15, 0.2) is 0 Å². The second-order valence-electron chi connectivity index (χ2n) is 5.34. The Hall–Kier alpha value is -2.40. The third-order valence-corrected chi connectivity index (χ3v) is 4.06. The first-order chi connectivity index (χ1) is 11.0. The van der Waals surface area contributed by atoms with Crippen LogP contribution in [-0.2, 0) is 9.59 Å². The van der Waals surface area contributed by atoms with Gasteiger partial charge in [0.05, 0.1) is 6.54 Å². The molecule has 1 aromatic heterocycles. The number of benzene rings is 1. The molecule has 2 aromatic rings. The van der Waals surface area contributed by atoms with Gasteiger partial charge in [-0.3, -0.25) is 9.59 Å². The third kappa shape index (κ3) is 5.71. The fourth-order valence-corrected chi connectivity index (χ4v) is 2.87. The summed E-state index contributed by atoms with van der Waals surface area (Å²) in [5, 5.41) is 5.28. The molecule has 0 radical (unpaired) electrons. The fraction of sp³-hybridized carbons (Fsp3) is 0.222. The number of carbonyl (C=O) groups is 2. The summed E-state index contributed by atoms with van der Waals surface area (Å²) in [7, 11) is 0. The molecule has 1 aromatic carbocycles. The highest BCUT2D eigenvalue weighted by atomic mass is 32.1. The van der Waals surface area contributed by atoms with Crippen LogP contribution in [0.1, 0.15) is 18.7 Å². The normalized spacial score (nSPS) is 10.9. The van der Waals surface area contributed by atoms with E-state index in [4.69, 9.17) is 0 Å². The Morgan fingerprint density at radius 2 is 1.87 bits per heavy atom. The lowest BCUT2D eigenvalue weighted by atomic mass is 10.2. The van der Waals surface area contributed by atoms with E-state index in [1.165, 1.54) is 6.08 Å². The molecule has 0 atom stereocenters. The smallest absolute Gasteiger partial charge is 0.244 e. The molecule has 0 aliphatic rings. The highest BCUT2D eigenvalue weighted by Crippen LogP contribution is 2.28. The Labute approximate surface area is 140 Å². The van der Waals surface area contributed by atoms with Gasteiger partial charge in [-0.2, -0.15) is 0 Å². The minimum Gasteiger partial charge on any atom is -0.352 e. The molecule has 0 aliphatic carbocycles. The van der Waals surface area contributed by atoms with E-state index in [1.54, 1.807) is 17.4 Å². The van der Waals surface area contributed by atoms with E-state index in [-0.39, 0.29) is 24.4 Å². The van der Waals surface area contributed by atoms with E-state index in [0.717, 1.165) is 15.3 Å². The lowest BCUT2D eigenvalue weighted by Crippen LogP contribution is -2.39. The molecule has 0 bridgehead atoms. The topological polar surface area (TPSA) is 58.2 Å². The van der Waals surface area contributed by atoms with Gasteiger partial charge in [-0.15, -0.1) is 11.3 Å². The number of carbonyl (C=O) groups excluding carboxylic acids is 2. The average molecular weight is 328 g/mol. The van der Waals surface area contributed by atoms with Crippen LogP contribution in [0.15, 0.2) is 48.5 Å². The standard InChI is InChI=1S/C18H20N2O2S/c1-13(2)20-18(22)12-19-17(21)11-9-15-8-10-16(23-15)14-6-4-3-5-7-14/h3-11,13H,12H2,1-2H3,(H,19,21)(H,20,22)/b11-9+. The van der Waals surface area contributed by atoms with Gasteiger partial charge in [-0.25, -0.2) is 0 Å². The van der Waals surface area contributed by atoms with Crippen LogP contribution in [0.4, 0.5) is 0 Å². The summed E-state index contributed by atoms with van der Waals surface area (Å²) in [6.45, 7) is 3.74. The molecular formula is C18H20N2O2S. The summed E-state index contributed by atoms with van der Waals surface area (Å²) >= 11 is 1.61. The summed E-state index contributed by atoms with van der Waals surface area (Å²) < 4.78 is 0. The predicted octanol–water partition coefficient (Wildman–Crippen LogP) is 3.07.